The lowest BCUT2D eigenvalue weighted by Crippen LogP contribution is -2.53. The number of hydrogen-bond acceptors (Lipinski definition) is 6. The predicted octanol–water partition coefficient (Wildman–Crippen LogP) is 0.710. The number of aliphatic hydroxyl groups is 1. The smallest absolute Gasteiger partial charge is 0.472 e. The van der Waals surface area contributed by atoms with Crippen molar-refractivity contribution in [2.75, 3.05) is 6.61 Å². The molecule has 0 saturated heterocycles. The maximum absolute atomic E-state index is 11.7. The van der Waals surface area contributed by atoms with E-state index in [4.69, 9.17) is 13.8 Å². The van der Waals surface area contributed by atoms with Crippen LogP contribution in [0.3, 0.4) is 0 Å². The van der Waals surface area contributed by atoms with Gasteiger partial charge in [-0.15, -0.1) is 0 Å². The summed E-state index contributed by atoms with van der Waals surface area (Å²) in [6.07, 6.45) is 1.27. The van der Waals surface area contributed by atoms with Crippen LogP contribution < -0.4 is 5.66 Å². The summed E-state index contributed by atoms with van der Waals surface area (Å²) in [7, 11) is -1.48. The molecule has 112 valence electrons. The predicted molar refractivity (Wildman–Crippen MR) is 73.7 cm³/mol. The number of rotatable bonds is 6. The van der Waals surface area contributed by atoms with E-state index in [0.29, 0.717) is 0 Å². The molecule has 1 aromatic heterocycles. The first-order valence-corrected chi connectivity index (χ1v) is 6.43. The molecule has 20 heavy (non-hydrogen) atoms. The van der Waals surface area contributed by atoms with Gasteiger partial charge in [0.05, 0.1) is 29.6 Å². The van der Waals surface area contributed by atoms with E-state index in [9.17, 15) is 14.9 Å². The van der Waals surface area contributed by atoms with Crippen molar-refractivity contribution in [3.8, 4) is 0 Å². The Hall–Kier alpha value is -1.31. The lowest BCUT2D eigenvalue weighted by molar-refractivity contribution is -0.0986. The summed E-state index contributed by atoms with van der Waals surface area (Å²) in [6, 6.07) is 1.40. The topological polar surface area (TPSA) is 89.1 Å². The summed E-state index contributed by atoms with van der Waals surface area (Å²) in [5, 5.41) is 20.1. The van der Waals surface area contributed by atoms with Crippen LogP contribution in [0.4, 0.5) is 0 Å². The van der Waals surface area contributed by atoms with E-state index >= 15 is 0 Å². The molecule has 0 amide bonds. The van der Waals surface area contributed by atoms with Crippen molar-refractivity contribution in [2.45, 2.75) is 45.8 Å². The Balaban J connectivity index is 2.92. The SMILES string of the molecule is CCOC(=O)c1ccoc1B(O)OC(C)(C)C(C)(C)O. The highest BCUT2D eigenvalue weighted by atomic mass is 16.6. The van der Waals surface area contributed by atoms with Gasteiger partial charge in [0.15, 0.2) is 0 Å². The fourth-order valence-corrected chi connectivity index (χ4v) is 1.37. The van der Waals surface area contributed by atoms with Crippen LogP contribution in [0.2, 0.25) is 0 Å². The van der Waals surface area contributed by atoms with Crippen LogP contribution in [0, 0.1) is 0 Å². The summed E-state index contributed by atoms with van der Waals surface area (Å²) >= 11 is 0. The molecule has 7 heteroatoms. The molecule has 0 spiro atoms. The van der Waals surface area contributed by atoms with Gasteiger partial charge >= 0.3 is 13.1 Å². The molecule has 0 aromatic carbocycles. The zero-order chi connectivity index (χ0) is 15.6. The summed E-state index contributed by atoms with van der Waals surface area (Å²) in [6.45, 7) is 8.28. The molecule has 0 fully saturated rings. The van der Waals surface area contributed by atoms with Crippen LogP contribution in [0.5, 0.6) is 0 Å². The van der Waals surface area contributed by atoms with Gasteiger partial charge < -0.3 is 23.9 Å². The van der Waals surface area contributed by atoms with Crippen molar-refractivity contribution in [3.05, 3.63) is 17.9 Å². The van der Waals surface area contributed by atoms with E-state index in [1.54, 1.807) is 34.6 Å². The zero-order valence-electron chi connectivity index (χ0n) is 12.5. The summed E-state index contributed by atoms with van der Waals surface area (Å²) < 4.78 is 15.4. The van der Waals surface area contributed by atoms with Crippen molar-refractivity contribution in [3.63, 3.8) is 0 Å². The number of carbonyl (C=O) groups excluding carboxylic acids is 1. The standard InChI is InChI=1S/C13H21BO6/c1-6-18-11(15)9-7-8-19-10(9)14(17)20-13(4,5)12(2,3)16/h7-8,16-17H,6H2,1-5H3. The third-order valence-corrected chi connectivity index (χ3v) is 3.29. The van der Waals surface area contributed by atoms with E-state index in [1.807, 2.05) is 0 Å². The number of ether oxygens (including phenoxy) is 1. The molecule has 0 saturated carbocycles. The van der Waals surface area contributed by atoms with Crippen molar-refractivity contribution in [2.24, 2.45) is 0 Å². The number of carbonyl (C=O) groups is 1. The third-order valence-electron chi connectivity index (χ3n) is 3.29. The molecular weight excluding hydrogens is 263 g/mol. The van der Waals surface area contributed by atoms with E-state index in [-0.39, 0.29) is 17.8 Å². The fraction of sp³-hybridized carbons (Fsp3) is 0.615. The van der Waals surface area contributed by atoms with Crippen molar-refractivity contribution < 1.29 is 28.7 Å². The van der Waals surface area contributed by atoms with Gasteiger partial charge in [0.2, 0.25) is 0 Å². The molecule has 1 rings (SSSR count). The van der Waals surface area contributed by atoms with E-state index in [1.165, 1.54) is 12.3 Å². The first-order chi connectivity index (χ1) is 9.10. The van der Waals surface area contributed by atoms with Crippen molar-refractivity contribution in [1.29, 1.82) is 0 Å². The first kappa shape index (κ1) is 16.7. The molecule has 0 aliphatic heterocycles. The number of esters is 1. The van der Waals surface area contributed by atoms with E-state index in [0.717, 1.165) is 0 Å². The third kappa shape index (κ3) is 3.62. The number of hydrogen-bond donors (Lipinski definition) is 2. The van der Waals surface area contributed by atoms with Crippen LogP contribution in [0.1, 0.15) is 45.0 Å². The minimum Gasteiger partial charge on any atom is -0.472 e. The Morgan fingerprint density at radius 3 is 2.50 bits per heavy atom. The highest BCUT2D eigenvalue weighted by Gasteiger charge is 2.41. The monoisotopic (exact) mass is 284 g/mol. The Morgan fingerprint density at radius 1 is 1.40 bits per heavy atom. The van der Waals surface area contributed by atoms with Gasteiger partial charge in [-0.3, -0.25) is 0 Å². The van der Waals surface area contributed by atoms with Gasteiger partial charge in [0.1, 0.15) is 5.66 Å². The second-order valence-corrected chi connectivity index (χ2v) is 5.46. The van der Waals surface area contributed by atoms with Crippen LogP contribution in [-0.2, 0) is 9.39 Å². The van der Waals surface area contributed by atoms with Crippen LogP contribution in [-0.4, -0.2) is 41.0 Å². The maximum atomic E-state index is 11.7. The molecule has 2 N–H and O–H groups in total. The van der Waals surface area contributed by atoms with Gasteiger partial charge in [-0.05, 0) is 40.7 Å². The molecule has 1 aromatic rings. The molecule has 1 heterocycles. The van der Waals surface area contributed by atoms with Crippen LogP contribution in [0.25, 0.3) is 0 Å². The highest BCUT2D eigenvalue weighted by Crippen LogP contribution is 2.25. The average molecular weight is 284 g/mol. The zero-order valence-corrected chi connectivity index (χ0v) is 12.5. The lowest BCUT2D eigenvalue weighted by Gasteiger charge is -2.38. The second-order valence-electron chi connectivity index (χ2n) is 5.46. The molecule has 0 bridgehead atoms. The molecule has 0 aliphatic rings. The van der Waals surface area contributed by atoms with Crippen LogP contribution >= 0.6 is 0 Å². The Kier molecular flexibility index (Phi) is 5.02. The highest BCUT2D eigenvalue weighted by molar-refractivity contribution is 6.60. The number of furan rings is 1. The van der Waals surface area contributed by atoms with Crippen molar-refractivity contribution in [1.82, 2.24) is 0 Å². The molecular formula is C13H21BO6. The fourth-order valence-electron chi connectivity index (χ4n) is 1.37. The molecule has 0 aliphatic carbocycles. The molecule has 6 nitrogen and oxygen atoms in total. The van der Waals surface area contributed by atoms with Crippen molar-refractivity contribution >= 4 is 18.7 Å². The molecule has 0 unspecified atom stereocenters. The minimum atomic E-state index is -1.48. The Bertz CT molecular complexity index is 460. The normalized spacial score (nSPS) is 12.3. The summed E-state index contributed by atoms with van der Waals surface area (Å²) in [5.74, 6) is -0.597. The van der Waals surface area contributed by atoms with Gasteiger partial charge in [-0.25, -0.2) is 4.79 Å². The quantitative estimate of drug-likeness (QED) is 0.590. The minimum absolute atomic E-state index is 0.0409. The average Bonchev–Trinajstić information content (AvgIpc) is 2.75. The largest absolute Gasteiger partial charge is 0.530 e. The lowest BCUT2D eigenvalue weighted by atomic mass is 9.79. The van der Waals surface area contributed by atoms with Gasteiger partial charge in [-0.1, -0.05) is 0 Å². The van der Waals surface area contributed by atoms with E-state index in [2.05, 4.69) is 0 Å². The van der Waals surface area contributed by atoms with Gasteiger partial charge in [0.25, 0.3) is 0 Å². The van der Waals surface area contributed by atoms with E-state index < -0.39 is 24.3 Å². The van der Waals surface area contributed by atoms with Gasteiger partial charge in [-0.2, -0.15) is 0 Å². The Labute approximate surface area is 118 Å². The van der Waals surface area contributed by atoms with Gasteiger partial charge in [0, 0.05) is 0 Å². The second kappa shape index (κ2) is 5.99. The maximum Gasteiger partial charge on any atom is 0.530 e. The summed E-state index contributed by atoms with van der Waals surface area (Å²) in [5.41, 5.74) is -2.18. The van der Waals surface area contributed by atoms with Crippen LogP contribution in [0.15, 0.2) is 16.7 Å². The Morgan fingerprint density at radius 2 is 2.00 bits per heavy atom. The molecule has 0 atom stereocenters. The summed E-state index contributed by atoms with van der Waals surface area (Å²) in [4.78, 5) is 11.7. The first-order valence-electron chi connectivity index (χ1n) is 6.43. The molecule has 0 radical (unpaired) electrons.